The van der Waals surface area contributed by atoms with Crippen LogP contribution in [-0.4, -0.2) is 28.7 Å². The van der Waals surface area contributed by atoms with Gasteiger partial charge in [0.15, 0.2) is 0 Å². The predicted octanol–water partition coefficient (Wildman–Crippen LogP) is 3.62. The van der Waals surface area contributed by atoms with Crippen LogP contribution in [-0.2, 0) is 12.8 Å². The van der Waals surface area contributed by atoms with Crippen LogP contribution in [0.4, 0.5) is 8.78 Å². The van der Waals surface area contributed by atoms with Crippen molar-refractivity contribution in [2.45, 2.75) is 51.3 Å². The minimum absolute atomic E-state index is 0.0468. The van der Waals surface area contributed by atoms with Gasteiger partial charge in [0.25, 0.3) is 5.91 Å². The average Bonchev–Trinajstić information content (AvgIpc) is 2.56. The first-order chi connectivity index (χ1) is 13.0. The highest BCUT2D eigenvalue weighted by Crippen LogP contribution is 2.21. The molecule has 4 N–H and O–H groups in total. The smallest absolute Gasteiger partial charge is 0.251 e. The van der Waals surface area contributed by atoms with Gasteiger partial charge in [0.2, 0.25) is 0 Å². The molecular formula is C21H25ClF2N2O2. The van der Waals surface area contributed by atoms with Crippen LogP contribution in [0.15, 0.2) is 36.4 Å². The highest BCUT2D eigenvalue weighted by atomic mass is 35.5. The molecule has 152 valence electrons. The number of halogens is 3. The number of aliphatic hydroxyl groups excluding tert-OH is 1. The third kappa shape index (κ3) is 6.26. The van der Waals surface area contributed by atoms with Crippen LogP contribution in [0.5, 0.6) is 0 Å². The fourth-order valence-electron chi connectivity index (χ4n) is 2.83. The highest BCUT2D eigenvalue weighted by molar-refractivity contribution is 6.30. The lowest BCUT2D eigenvalue weighted by molar-refractivity contribution is 0.0917. The molecule has 0 aliphatic carbocycles. The summed E-state index contributed by atoms with van der Waals surface area (Å²) in [6.07, 6.45) is -1.08. The lowest BCUT2D eigenvalue weighted by Crippen LogP contribution is -2.42. The van der Waals surface area contributed by atoms with Crippen LogP contribution < -0.4 is 11.1 Å². The number of hydrogen-bond donors (Lipinski definition) is 3. The number of nitrogens with one attached hydrogen (secondary N) is 1. The summed E-state index contributed by atoms with van der Waals surface area (Å²) in [6, 6.07) is 7.03. The quantitative estimate of drug-likeness (QED) is 0.680. The molecule has 0 aromatic heterocycles. The molecule has 28 heavy (non-hydrogen) atoms. The topological polar surface area (TPSA) is 75.3 Å². The van der Waals surface area contributed by atoms with Gasteiger partial charge < -0.3 is 16.2 Å². The number of carbonyl (C=O) groups excluding carboxylic acids is 1. The van der Waals surface area contributed by atoms with Gasteiger partial charge in [-0.1, -0.05) is 11.6 Å². The van der Waals surface area contributed by atoms with Crippen molar-refractivity contribution in [2.24, 2.45) is 5.73 Å². The van der Waals surface area contributed by atoms with Crippen LogP contribution >= 0.6 is 11.6 Å². The standard InChI is InChI=1S/C21H25ClF2N2O2/c1-21(2,3)26-20(28)16-6-4-14(22)8-12(16)11-19(27)18(25)10-13-9-15(23)5-7-17(13)24/h4-9,18-19,27H,10-11,25H2,1-3H3,(H,26,28). The molecular weight excluding hydrogens is 386 g/mol. The summed E-state index contributed by atoms with van der Waals surface area (Å²) >= 11 is 6.05. The molecule has 7 heteroatoms. The maximum atomic E-state index is 13.8. The van der Waals surface area contributed by atoms with E-state index in [1.807, 2.05) is 20.8 Å². The van der Waals surface area contributed by atoms with Gasteiger partial charge in [-0.2, -0.15) is 0 Å². The summed E-state index contributed by atoms with van der Waals surface area (Å²) in [5, 5.41) is 13.8. The molecule has 0 saturated carbocycles. The number of hydrogen-bond acceptors (Lipinski definition) is 3. The van der Waals surface area contributed by atoms with Crippen LogP contribution in [0.2, 0.25) is 5.02 Å². The first kappa shape index (κ1) is 22.3. The fourth-order valence-corrected chi connectivity index (χ4v) is 3.02. The third-order valence-electron chi connectivity index (χ3n) is 4.19. The Morgan fingerprint density at radius 3 is 2.46 bits per heavy atom. The second-order valence-electron chi connectivity index (χ2n) is 7.88. The van der Waals surface area contributed by atoms with Gasteiger partial charge in [-0.15, -0.1) is 0 Å². The minimum Gasteiger partial charge on any atom is -0.391 e. The molecule has 0 heterocycles. The molecule has 0 aliphatic heterocycles. The Bertz CT molecular complexity index is 853. The van der Waals surface area contributed by atoms with Gasteiger partial charge in [0.1, 0.15) is 11.6 Å². The van der Waals surface area contributed by atoms with E-state index in [2.05, 4.69) is 5.32 Å². The number of nitrogens with two attached hydrogens (primary N) is 1. The average molecular weight is 411 g/mol. The SMILES string of the molecule is CC(C)(C)NC(=O)c1ccc(Cl)cc1CC(O)C(N)Cc1cc(F)ccc1F. The first-order valence-corrected chi connectivity index (χ1v) is 9.32. The number of benzene rings is 2. The van der Waals surface area contributed by atoms with Crippen LogP contribution in [0, 0.1) is 11.6 Å². The van der Waals surface area contributed by atoms with Gasteiger partial charge in [-0.05, 0) is 74.7 Å². The van der Waals surface area contributed by atoms with Crippen molar-refractivity contribution in [3.8, 4) is 0 Å². The molecule has 0 aliphatic rings. The van der Waals surface area contributed by atoms with E-state index in [9.17, 15) is 18.7 Å². The number of aliphatic hydroxyl groups is 1. The first-order valence-electron chi connectivity index (χ1n) is 8.95. The van der Waals surface area contributed by atoms with Crippen molar-refractivity contribution in [1.29, 1.82) is 0 Å². The largest absolute Gasteiger partial charge is 0.391 e. The Morgan fingerprint density at radius 1 is 1.14 bits per heavy atom. The number of rotatable bonds is 6. The molecule has 0 radical (unpaired) electrons. The zero-order valence-electron chi connectivity index (χ0n) is 16.1. The Hall–Kier alpha value is -2.02. The molecule has 2 aromatic rings. The monoisotopic (exact) mass is 410 g/mol. The van der Waals surface area contributed by atoms with E-state index >= 15 is 0 Å². The number of carbonyl (C=O) groups is 1. The zero-order chi connectivity index (χ0) is 21.1. The highest BCUT2D eigenvalue weighted by Gasteiger charge is 2.23. The summed E-state index contributed by atoms with van der Waals surface area (Å²) in [7, 11) is 0. The summed E-state index contributed by atoms with van der Waals surface area (Å²) in [5.41, 5.74) is 6.57. The van der Waals surface area contributed by atoms with E-state index in [-0.39, 0.29) is 24.3 Å². The normalized spacial score (nSPS) is 13.9. The molecule has 4 nitrogen and oxygen atoms in total. The lowest BCUT2D eigenvalue weighted by atomic mass is 9.94. The minimum atomic E-state index is -1.08. The van der Waals surface area contributed by atoms with Crippen LogP contribution in [0.25, 0.3) is 0 Å². The van der Waals surface area contributed by atoms with Crippen molar-refractivity contribution < 1.29 is 18.7 Å². The molecule has 2 aromatic carbocycles. The van der Waals surface area contributed by atoms with Crippen LogP contribution in [0.3, 0.4) is 0 Å². The second-order valence-corrected chi connectivity index (χ2v) is 8.32. The molecule has 0 spiro atoms. The van der Waals surface area contributed by atoms with Gasteiger partial charge in [-0.25, -0.2) is 8.78 Å². The molecule has 2 rings (SSSR count). The van der Waals surface area contributed by atoms with E-state index in [4.69, 9.17) is 17.3 Å². The van der Waals surface area contributed by atoms with Crippen molar-refractivity contribution in [3.63, 3.8) is 0 Å². The molecule has 0 fully saturated rings. The van der Waals surface area contributed by atoms with E-state index in [1.54, 1.807) is 18.2 Å². The number of amides is 1. The maximum absolute atomic E-state index is 13.8. The third-order valence-corrected chi connectivity index (χ3v) is 4.42. The van der Waals surface area contributed by atoms with Crippen molar-refractivity contribution in [1.82, 2.24) is 5.32 Å². The summed E-state index contributed by atoms with van der Waals surface area (Å²) in [6.45, 7) is 5.58. The summed E-state index contributed by atoms with van der Waals surface area (Å²) in [5.74, 6) is -1.46. The van der Waals surface area contributed by atoms with Gasteiger partial charge >= 0.3 is 0 Å². The second kappa shape index (κ2) is 8.99. The Morgan fingerprint density at radius 2 is 1.82 bits per heavy atom. The van der Waals surface area contributed by atoms with E-state index in [1.165, 1.54) is 0 Å². The van der Waals surface area contributed by atoms with Crippen molar-refractivity contribution in [3.05, 3.63) is 69.7 Å². The van der Waals surface area contributed by atoms with Crippen molar-refractivity contribution in [2.75, 3.05) is 0 Å². The molecule has 1 amide bonds. The van der Waals surface area contributed by atoms with Gasteiger partial charge in [0.05, 0.1) is 6.10 Å². The van der Waals surface area contributed by atoms with Crippen LogP contribution in [0.1, 0.15) is 42.3 Å². The van der Waals surface area contributed by atoms with Gasteiger partial charge in [-0.3, -0.25) is 4.79 Å². The molecule has 2 atom stereocenters. The van der Waals surface area contributed by atoms with Gasteiger partial charge in [0, 0.05) is 28.6 Å². The van der Waals surface area contributed by atoms with E-state index in [0.29, 0.717) is 16.1 Å². The molecule has 0 bridgehead atoms. The summed E-state index contributed by atoms with van der Waals surface area (Å²) < 4.78 is 27.2. The summed E-state index contributed by atoms with van der Waals surface area (Å²) in [4.78, 5) is 12.6. The fraction of sp³-hybridized carbons (Fsp3) is 0.381. The maximum Gasteiger partial charge on any atom is 0.251 e. The Balaban J connectivity index is 2.18. The molecule has 2 unspecified atom stereocenters. The zero-order valence-corrected chi connectivity index (χ0v) is 16.9. The Kier molecular flexibility index (Phi) is 7.15. The van der Waals surface area contributed by atoms with E-state index in [0.717, 1.165) is 18.2 Å². The Labute approximate surface area is 168 Å². The van der Waals surface area contributed by atoms with E-state index < -0.39 is 29.3 Å². The van der Waals surface area contributed by atoms with Crippen molar-refractivity contribution >= 4 is 17.5 Å². The predicted molar refractivity (Wildman–Crippen MR) is 106 cm³/mol. The lowest BCUT2D eigenvalue weighted by Gasteiger charge is -2.23. The molecule has 0 saturated heterocycles.